The standard InChI is InChI=1S/C15H20N2O4/c1-21-14-12(6-4-9-16-14)15(20)17-10-3-2-5-11(17)7-8-13(18)19/h4,6,9,11H,2-3,5,7-8,10H2,1H3,(H,18,19)/t11-/m1/s1. The fraction of sp³-hybridized carbons (Fsp3) is 0.533. The van der Waals surface area contributed by atoms with Crippen LogP contribution in [0.4, 0.5) is 0 Å². The molecule has 1 amide bonds. The summed E-state index contributed by atoms with van der Waals surface area (Å²) < 4.78 is 5.14. The van der Waals surface area contributed by atoms with Crippen molar-refractivity contribution in [1.29, 1.82) is 0 Å². The Hall–Kier alpha value is -2.11. The molecule has 0 aromatic carbocycles. The number of hydrogen-bond donors (Lipinski definition) is 1. The molecule has 1 aliphatic heterocycles. The van der Waals surface area contributed by atoms with Crippen LogP contribution in [-0.4, -0.2) is 46.6 Å². The van der Waals surface area contributed by atoms with Gasteiger partial charge in [-0.1, -0.05) is 0 Å². The van der Waals surface area contributed by atoms with Crippen LogP contribution in [0.5, 0.6) is 5.88 Å². The lowest BCUT2D eigenvalue weighted by molar-refractivity contribution is -0.137. The molecule has 2 rings (SSSR count). The SMILES string of the molecule is COc1ncccc1C(=O)N1CCCC[C@@H]1CCC(=O)O. The first-order chi connectivity index (χ1) is 10.1. The summed E-state index contributed by atoms with van der Waals surface area (Å²) in [5.41, 5.74) is 0.433. The second-order valence-corrected chi connectivity index (χ2v) is 5.14. The van der Waals surface area contributed by atoms with Crippen molar-refractivity contribution in [3.63, 3.8) is 0 Å². The van der Waals surface area contributed by atoms with Gasteiger partial charge in [-0.3, -0.25) is 9.59 Å². The molecule has 1 saturated heterocycles. The van der Waals surface area contributed by atoms with E-state index >= 15 is 0 Å². The summed E-state index contributed by atoms with van der Waals surface area (Å²) in [6.07, 6.45) is 4.97. The van der Waals surface area contributed by atoms with Gasteiger partial charge in [0.1, 0.15) is 5.56 Å². The van der Waals surface area contributed by atoms with Crippen LogP contribution >= 0.6 is 0 Å². The lowest BCUT2D eigenvalue weighted by Crippen LogP contribution is -2.44. The van der Waals surface area contributed by atoms with Crippen molar-refractivity contribution in [3.05, 3.63) is 23.9 Å². The largest absolute Gasteiger partial charge is 0.481 e. The molecular formula is C15H20N2O4. The molecule has 1 fully saturated rings. The molecule has 0 radical (unpaired) electrons. The molecule has 0 spiro atoms. The molecule has 2 heterocycles. The molecule has 0 aliphatic carbocycles. The summed E-state index contributed by atoms with van der Waals surface area (Å²) >= 11 is 0. The van der Waals surface area contributed by atoms with Gasteiger partial charge in [-0.05, 0) is 37.8 Å². The topological polar surface area (TPSA) is 79.7 Å². The lowest BCUT2D eigenvalue weighted by atomic mass is 9.97. The number of carbonyl (C=O) groups excluding carboxylic acids is 1. The van der Waals surface area contributed by atoms with E-state index in [-0.39, 0.29) is 18.4 Å². The van der Waals surface area contributed by atoms with Gasteiger partial charge in [0.2, 0.25) is 5.88 Å². The Morgan fingerprint density at radius 3 is 3.00 bits per heavy atom. The fourth-order valence-corrected chi connectivity index (χ4v) is 2.73. The molecule has 0 unspecified atom stereocenters. The highest BCUT2D eigenvalue weighted by Gasteiger charge is 2.29. The number of ether oxygens (including phenoxy) is 1. The van der Waals surface area contributed by atoms with Crippen LogP contribution in [-0.2, 0) is 4.79 Å². The smallest absolute Gasteiger partial charge is 0.303 e. The number of pyridine rings is 1. The second-order valence-electron chi connectivity index (χ2n) is 5.14. The van der Waals surface area contributed by atoms with Crippen LogP contribution < -0.4 is 4.74 Å². The summed E-state index contributed by atoms with van der Waals surface area (Å²) in [6, 6.07) is 3.37. The van der Waals surface area contributed by atoms with Gasteiger partial charge in [0.05, 0.1) is 7.11 Å². The van der Waals surface area contributed by atoms with E-state index in [0.717, 1.165) is 19.3 Å². The third-order valence-electron chi connectivity index (χ3n) is 3.77. The Kier molecular flexibility index (Phi) is 5.14. The first-order valence-electron chi connectivity index (χ1n) is 7.15. The molecule has 114 valence electrons. The molecule has 1 N–H and O–H groups in total. The zero-order valence-corrected chi connectivity index (χ0v) is 12.1. The van der Waals surface area contributed by atoms with E-state index in [0.29, 0.717) is 24.4 Å². The van der Waals surface area contributed by atoms with Gasteiger partial charge in [-0.25, -0.2) is 4.98 Å². The zero-order valence-electron chi connectivity index (χ0n) is 12.1. The molecule has 0 saturated carbocycles. The van der Waals surface area contributed by atoms with Crippen molar-refractivity contribution >= 4 is 11.9 Å². The van der Waals surface area contributed by atoms with Crippen LogP contribution in [0.3, 0.4) is 0 Å². The van der Waals surface area contributed by atoms with Gasteiger partial charge in [0.25, 0.3) is 5.91 Å². The molecule has 21 heavy (non-hydrogen) atoms. The van der Waals surface area contributed by atoms with E-state index in [2.05, 4.69) is 4.98 Å². The number of aromatic nitrogens is 1. The number of carboxylic acids is 1. The number of aliphatic carboxylic acids is 1. The summed E-state index contributed by atoms with van der Waals surface area (Å²) in [7, 11) is 1.48. The minimum atomic E-state index is -0.827. The van der Waals surface area contributed by atoms with Crippen molar-refractivity contribution in [2.75, 3.05) is 13.7 Å². The summed E-state index contributed by atoms with van der Waals surface area (Å²) in [4.78, 5) is 29.3. The number of carbonyl (C=O) groups is 2. The number of carboxylic acid groups (broad SMARTS) is 1. The van der Waals surface area contributed by atoms with Crippen LogP contribution in [0.25, 0.3) is 0 Å². The number of nitrogens with zero attached hydrogens (tertiary/aromatic N) is 2. The van der Waals surface area contributed by atoms with E-state index in [9.17, 15) is 9.59 Å². The highest BCUT2D eigenvalue weighted by Crippen LogP contribution is 2.25. The molecule has 0 bridgehead atoms. The van der Waals surface area contributed by atoms with Gasteiger partial charge in [0.15, 0.2) is 0 Å². The predicted octanol–water partition coefficient (Wildman–Crippen LogP) is 1.95. The normalized spacial score (nSPS) is 18.3. The van der Waals surface area contributed by atoms with Gasteiger partial charge in [-0.15, -0.1) is 0 Å². The number of likely N-dealkylation sites (tertiary alicyclic amines) is 1. The van der Waals surface area contributed by atoms with Gasteiger partial charge in [0, 0.05) is 25.2 Å². The molecule has 1 atom stereocenters. The highest BCUT2D eigenvalue weighted by molar-refractivity contribution is 5.96. The molecule has 6 heteroatoms. The van der Waals surface area contributed by atoms with Gasteiger partial charge >= 0.3 is 5.97 Å². The van der Waals surface area contributed by atoms with Gasteiger partial charge in [-0.2, -0.15) is 0 Å². The maximum Gasteiger partial charge on any atom is 0.303 e. The molecular weight excluding hydrogens is 272 g/mol. The number of amides is 1. The average molecular weight is 292 g/mol. The Morgan fingerprint density at radius 1 is 1.48 bits per heavy atom. The monoisotopic (exact) mass is 292 g/mol. The predicted molar refractivity (Wildman–Crippen MR) is 76.3 cm³/mol. The zero-order chi connectivity index (χ0) is 15.2. The summed E-state index contributed by atoms with van der Waals surface area (Å²) in [5, 5.41) is 8.83. The first kappa shape index (κ1) is 15.3. The number of piperidine rings is 1. The third kappa shape index (κ3) is 3.71. The van der Waals surface area contributed by atoms with E-state index in [1.807, 2.05) is 0 Å². The van der Waals surface area contributed by atoms with Gasteiger partial charge < -0.3 is 14.7 Å². The summed E-state index contributed by atoms with van der Waals surface area (Å²) in [6.45, 7) is 0.654. The number of rotatable bonds is 5. The maximum atomic E-state index is 12.7. The molecule has 1 aliphatic rings. The van der Waals surface area contributed by atoms with Crippen LogP contribution in [0.15, 0.2) is 18.3 Å². The number of hydrogen-bond acceptors (Lipinski definition) is 4. The maximum absolute atomic E-state index is 12.7. The van der Waals surface area contributed by atoms with Crippen molar-refractivity contribution in [2.24, 2.45) is 0 Å². The van der Waals surface area contributed by atoms with Crippen molar-refractivity contribution in [1.82, 2.24) is 9.88 Å². The van der Waals surface area contributed by atoms with Crippen molar-refractivity contribution < 1.29 is 19.4 Å². The van der Waals surface area contributed by atoms with Crippen molar-refractivity contribution in [2.45, 2.75) is 38.1 Å². The van der Waals surface area contributed by atoms with E-state index < -0.39 is 5.97 Å². The molecule has 1 aromatic heterocycles. The molecule has 6 nitrogen and oxygen atoms in total. The average Bonchev–Trinajstić information content (AvgIpc) is 2.52. The van der Waals surface area contributed by atoms with Crippen molar-refractivity contribution in [3.8, 4) is 5.88 Å². The summed E-state index contributed by atoms with van der Waals surface area (Å²) in [5.74, 6) is -0.646. The van der Waals surface area contributed by atoms with E-state index in [1.54, 1.807) is 23.2 Å². The van der Waals surface area contributed by atoms with E-state index in [1.165, 1.54) is 7.11 Å². The quantitative estimate of drug-likeness (QED) is 0.897. The Bertz CT molecular complexity index is 518. The van der Waals surface area contributed by atoms with E-state index in [4.69, 9.17) is 9.84 Å². The first-order valence-corrected chi connectivity index (χ1v) is 7.15. The Balaban J connectivity index is 2.16. The Morgan fingerprint density at radius 2 is 2.29 bits per heavy atom. The Labute approximate surface area is 123 Å². The second kappa shape index (κ2) is 7.06. The van der Waals surface area contributed by atoms with Crippen LogP contribution in [0, 0.1) is 0 Å². The lowest BCUT2D eigenvalue weighted by Gasteiger charge is -2.35. The fourth-order valence-electron chi connectivity index (χ4n) is 2.73. The molecule has 1 aromatic rings. The van der Waals surface area contributed by atoms with Crippen LogP contribution in [0.1, 0.15) is 42.5 Å². The van der Waals surface area contributed by atoms with Crippen LogP contribution in [0.2, 0.25) is 0 Å². The minimum absolute atomic E-state index is 0.0211. The third-order valence-corrected chi connectivity index (χ3v) is 3.77. The minimum Gasteiger partial charge on any atom is -0.481 e. The highest BCUT2D eigenvalue weighted by atomic mass is 16.5. The number of methoxy groups -OCH3 is 1.